The average molecular weight is 150 g/mol. The van der Waals surface area contributed by atoms with Crippen molar-refractivity contribution in [1.29, 1.82) is 0 Å². The molecule has 0 saturated heterocycles. The summed E-state index contributed by atoms with van der Waals surface area (Å²) < 4.78 is 0. The molecule has 0 aliphatic heterocycles. The molecule has 1 aromatic rings. The van der Waals surface area contributed by atoms with E-state index in [0.717, 1.165) is 17.8 Å². The van der Waals surface area contributed by atoms with Crippen LogP contribution in [0, 0.1) is 0 Å². The maximum atomic E-state index is 4.18. The maximum Gasteiger partial charge on any atom is 0.115 e. The van der Waals surface area contributed by atoms with Gasteiger partial charge in [-0.05, 0) is 18.4 Å². The van der Waals surface area contributed by atoms with Gasteiger partial charge in [-0.15, -0.1) is 0 Å². The Morgan fingerprint density at radius 2 is 2.09 bits per heavy atom. The molecule has 0 aliphatic carbocycles. The lowest BCUT2D eigenvalue weighted by molar-refractivity contribution is 0.802. The fourth-order valence-electron chi connectivity index (χ4n) is 0.924. The molecule has 1 aromatic heterocycles. The van der Waals surface area contributed by atoms with E-state index in [2.05, 4.69) is 36.8 Å². The Hall–Kier alpha value is -0.920. The van der Waals surface area contributed by atoms with Crippen molar-refractivity contribution >= 4 is 0 Å². The fourth-order valence-corrected chi connectivity index (χ4v) is 0.924. The molecular formula is C9H14N2. The van der Waals surface area contributed by atoms with Gasteiger partial charge in [-0.3, -0.25) is 0 Å². The zero-order valence-electron chi connectivity index (χ0n) is 7.33. The minimum absolute atomic E-state index is 0.503. The van der Waals surface area contributed by atoms with Crippen LogP contribution >= 0.6 is 0 Å². The molecule has 0 spiro atoms. The van der Waals surface area contributed by atoms with E-state index in [1.54, 1.807) is 6.33 Å². The highest BCUT2D eigenvalue weighted by molar-refractivity contribution is 5.10. The molecule has 1 heterocycles. The predicted octanol–water partition coefficient (Wildman–Crippen LogP) is 2.16. The van der Waals surface area contributed by atoms with Crippen molar-refractivity contribution < 1.29 is 0 Å². The monoisotopic (exact) mass is 150 g/mol. The lowest BCUT2D eigenvalue weighted by Crippen LogP contribution is -1.96. The highest BCUT2D eigenvalue weighted by Gasteiger charge is 2.00. The van der Waals surface area contributed by atoms with Gasteiger partial charge >= 0.3 is 0 Å². The van der Waals surface area contributed by atoms with Crippen LogP contribution in [0.25, 0.3) is 0 Å². The molecule has 0 aromatic carbocycles. The van der Waals surface area contributed by atoms with E-state index in [-0.39, 0.29) is 0 Å². The van der Waals surface area contributed by atoms with Crippen LogP contribution in [0.2, 0.25) is 0 Å². The lowest BCUT2D eigenvalue weighted by Gasteiger charge is -2.03. The van der Waals surface area contributed by atoms with E-state index in [9.17, 15) is 0 Å². The summed E-state index contributed by atoms with van der Waals surface area (Å²) >= 11 is 0. The van der Waals surface area contributed by atoms with Crippen molar-refractivity contribution in [3.63, 3.8) is 0 Å². The van der Waals surface area contributed by atoms with Crippen LogP contribution in [-0.2, 0) is 6.42 Å². The van der Waals surface area contributed by atoms with Gasteiger partial charge in [0.25, 0.3) is 0 Å². The van der Waals surface area contributed by atoms with Crippen LogP contribution in [0.5, 0.6) is 0 Å². The number of hydrogen-bond acceptors (Lipinski definition) is 2. The summed E-state index contributed by atoms with van der Waals surface area (Å²) in [5.74, 6) is 0.503. The van der Waals surface area contributed by atoms with Crippen molar-refractivity contribution in [3.8, 4) is 0 Å². The molecule has 0 saturated carbocycles. The zero-order valence-corrected chi connectivity index (χ0v) is 7.33. The second-order valence-electron chi connectivity index (χ2n) is 2.94. The molecule has 0 N–H and O–H groups in total. The third-order valence-corrected chi connectivity index (χ3v) is 1.70. The van der Waals surface area contributed by atoms with Gasteiger partial charge in [-0.1, -0.05) is 20.8 Å². The van der Waals surface area contributed by atoms with Crippen LogP contribution in [0.1, 0.15) is 38.1 Å². The van der Waals surface area contributed by atoms with Gasteiger partial charge in [0.2, 0.25) is 0 Å². The Bertz CT molecular complexity index is 231. The van der Waals surface area contributed by atoms with Gasteiger partial charge in [0.1, 0.15) is 6.33 Å². The van der Waals surface area contributed by atoms with Gasteiger partial charge in [-0.2, -0.15) is 0 Å². The topological polar surface area (TPSA) is 25.8 Å². The van der Waals surface area contributed by atoms with Gasteiger partial charge in [0.05, 0.1) is 0 Å². The maximum absolute atomic E-state index is 4.18. The molecular weight excluding hydrogens is 136 g/mol. The Balaban J connectivity index is 2.91. The quantitative estimate of drug-likeness (QED) is 0.645. The second-order valence-corrected chi connectivity index (χ2v) is 2.94. The molecule has 2 heteroatoms. The largest absolute Gasteiger partial charge is 0.241 e. The summed E-state index contributed by atoms with van der Waals surface area (Å²) in [7, 11) is 0. The first-order valence-electron chi connectivity index (χ1n) is 4.04. The van der Waals surface area contributed by atoms with Crippen LogP contribution in [-0.4, -0.2) is 9.97 Å². The lowest BCUT2D eigenvalue weighted by atomic mass is 10.1. The predicted molar refractivity (Wildman–Crippen MR) is 45.5 cm³/mol. The smallest absolute Gasteiger partial charge is 0.115 e. The molecule has 0 aliphatic rings. The van der Waals surface area contributed by atoms with Crippen molar-refractivity contribution in [2.45, 2.75) is 33.1 Å². The van der Waals surface area contributed by atoms with Gasteiger partial charge in [-0.25, -0.2) is 9.97 Å². The average Bonchev–Trinajstić information content (AvgIpc) is 2.05. The number of nitrogens with zero attached hydrogens (tertiary/aromatic N) is 2. The molecule has 0 bridgehead atoms. The highest BCUT2D eigenvalue weighted by atomic mass is 14.8. The zero-order chi connectivity index (χ0) is 8.27. The minimum atomic E-state index is 0.503. The summed E-state index contributed by atoms with van der Waals surface area (Å²) in [6, 6.07) is 2.07. The summed E-state index contributed by atoms with van der Waals surface area (Å²) in [4.78, 5) is 8.30. The molecule has 1 rings (SSSR count). The molecule has 0 radical (unpaired) electrons. The number of aromatic nitrogens is 2. The Morgan fingerprint density at radius 3 is 2.64 bits per heavy atom. The summed E-state index contributed by atoms with van der Waals surface area (Å²) in [6.45, 7) is 6.38. The Kier molecular flexibility index (Phi) is 2.58. The first kappa shape index (κ1) is 8.18. The number of hydrogen-bond donors (Lipinski definition) is 0. The van der Waals surface area contributed by atoms with Crippen LogP contribution < -0.4 is 0 Å². The van der Waals surface area contributed by atoms with E-state index >= 15 is 0 Å². The molecule has 0 unspecified atom stereocenters. The van der Waals surface area contributed by atoms with Crippen LogP contribution in [0.4, 0.5) is 0 Å². The van der Waals surface area contributed by atoms with Crippen molar-refractivity contribution in [2.75, 3.05) is 0 Å². The standard InChI is InChI=1S/C9H14N2/c1-4-8-5-9(7(2)3)11-6-10-8/h5-7H,4H2,1-3H3. The first-order valence-corrected chi connectivity index (χ1v) is 4.04. The molecule has 0 amide bonds. The summed E-state index contributed by atoms with van der Waals surface area (Å²) in [5.41, 5.74) is 2.26. The minimum Gasteiger partial charge on any atom is -0.241 e. The van der Waals surface area contributed by atoms with Crippen LogP contribution in [0.3, 0.4) is 0 Å². The van der Waals surface area contributed by atoms with Crippen molar-refractivity contribution in [1.82, 2.24) is 9.97 Å². The summed E-state index contributed by atoms with van der Waals surface area (Å²) in [5, 5.41) is 0. The van der Waals surface area contributed by atoms with E-state index in [1.807, 2.05) is 0 Å². The SMILES string of the molecule is CCc1cc(C(C)C)ncn1. The van der Waals surface area contributed by atoms with E-state index < -0.39 is 0 Å². The molecule has 60 valence electrons. The van der Waals surface area contributed by atoms with Gasteiger partial charge in [0.15, 0.2) is 0 Å². The van der Waals surface area contributed by atoms with Gasteiger partial charge in [0, 0.05) is 11.4 Å². The van der Waals surface area contributed by atoms with E-state index in [4.69, 9.17) is 0 Å². The first-order chi connectivity index (χ1) is 5.24. The highest BCUT2D eigenvalue weighted by Crippen LogP contribution is 2.10. The van der Waals surface area contributed by atoms with Crippen molar-refractivity contribution in [2.24, 2.45) is 0 Å². The Morgan fingerprint density at radius 1 is 1.36 bits per heavy atom. The molecule has 2 nitrogen and oxygen atoms in total. The normalized spacial score (nSPS) is 10.5. The molecule has 11 heavy (non-hydrogen) atoms. The third-order valence-electron chi connectivity index (χ3n) is 1.70. The van der Waals surface area contributed by atoms with Crippen molar-refractivity contribution in [3.05, 3.63) is 23.8 Å². The summed E-state index contributed by atoms with van der Waals surface area (Å²) in [6.07, 6.45) is 2.64. The second kappa shape index (κ2) is 3.46. The van der Waals surface area contributed by atoms with E-state index in [0.29, 0.717) is 5.92 Å². The Labute approximate surface area is 67.7 Å². The number of aryl methyl sites for hydroxylation is 1. The van der Waals surface area contributed by atoms with E-state index in [1.165, 1.54) is 0 Å². The van der Waals surface area contributed by atoms with Gasteiger partial charge < -0.3 is 0 Å². The fraction of sp³-hybridized carbons (Fsp3) is 0.556. The van der Waals surface area contributed by atoms with Crippen LogP contribution in [0.15, 0.2) is 12.4 Å². The number of rotatable bonds is 2. The molecule has 0 fully saturated rings. The third kappa shape index (κ3) is 2.00. The molecule has 0 atom stereocenters.